The molecule has 3 nitrogen and oxygen atoms in total. The molecule has 0 radical (unpaired) electrons. The fourth-order valence-electron chi connectivity index (χ4n) is 2.77. The van der Waals surface area contributed by atoms with Crippen LogP contribution in [0.5, 0.6) is 0 Å². The lowest BCUT2D eigenvalue weighted by atomic mass is 9.68. The normalized spacial score (nSPS) is 38.8. The summed E-state index contributed by atoms with van der Waals surface area (Å²) in [6.07, 6.45) is 1.95. The summed E-state index contributed by atoms with van der Waals surface area (Å²) in [6.45, 7) is 7.22. The van der Waals surface area contributed by atoms with E-state index in [1.165, 1.54) is 19.5 Å². The largest absolute Gasteiger partial charge is 0.378 e. The van der Waals surface area contributed by atoms with Gasteiger partial charge in [0.1, 0.15) is 0 Å². The number of nitrogens with zero attached hydrogens (tertiary/aromatic N) is 1. The van der Waals surface area contributed by atoms with Crippen molar-refractivity contribution in [1.82, 2.24) is 4.90 Å². The lowest BCUT2D eigenvalue weighted by Gasteiger charge is -2.53. The van der Waals surface area contributed by atoms with E-state index >= 15 is 0 Å². The first kappa shape index (κ1) is 9.44. The summed E-state index contributed by atoms with van der Waals surface area (Å²) in [6, 6.07) is 0. The third-order valence-electron chi connectivity index (χ3n) is 3.32. The van der Waals surface area contributed by atoms with E-state index in [1.807, 2.05) is 0 Å². The van der Waals surface area contributed by atoms with Crippen molar-refractivity contribution in [3.63, 3.8) is 0 Å². The number of piperidine rings is 2. The van der Waals surface area contributed by atoms with Gasteiger partial charge in [-0.2, -0.15) is 0 Å². The molecule has 0 aromatic rings. The van der Waals surface area contributed by atoms with Crippen molar-refractivity contribution in [3.8, 4) is 0 Å². The molecule has 0 unspecified atom stereocenters. The Labute approximate surface area is 80.2 Å². The molecule has 2 heterocycles. The smallest absolute Gasteiger partial charge is 0.0655 e. The molecule has 13 heavy (non-hydrogen) atoms. The first-order valence-corrected chi connectivity index (χ1v) is 5.39. The quantitative estimate of drug-likeness (QED) is 0.683. The van der Waals surface area contributed by atoms with Crippen LogP contribution in [-0.2, 0) is 4.74 Å². The van der Waals surface area contributed by atoms with Gasteiger partial charge in [0.15, 0.2) is 0 Å². The van der Waals surface area contributed by atoms with Crippen LogP contribution in [0.4, 0.5) is 0 Å². The summed E-state index contributed by atoms with van der Waals surface area (Å²) in [4.78, 5) is 2.48. The van der Waals surface area contributed by atoms with Crippen molar-refractivity contribution in [1.29, 1.82) is 0 Å². The number of ether oxygens (including phenoxy) is 1. The van der Waals surface area contributed by atoms with Gasteiger partial charge in [-0.15, -0.1) is 0 Å². The highest BCUT2D eigenvalue weighted by Crippen LogP contribution is 2.41. The highest BCUT2D eigenvalue weighted by molar-refractivity contribution is 4.98. The molecule has 2 aliphatic heterocycles. The highest BCUT2D eigenvalue weighted by Gasteiger charge is 2.46. The van der Waals surface area contributed by atoms with Crippen LogP contribution in [0.2, 0.25) is 0 Å². The van der Waals surface area contributed by atoms with Gasteiger partial charge in [0, 0.05) is 32.8 Å². The van der Waals surface area contributed by atoms with Crippen LogP contribution in [0, 0.1) is 11.8 Å². The van der Waals surface area contributed by atoms with Gasteiger partial charge in [-0.05, 0) is 25.2 Å². The predicted octanol–water partition coefficient (Wildman–Crippen LogP) is 0.302. The van der Waals surface area contributed by atoms with Crippen molar-refractivity contribution < 1.29 is 4.74 Å². The Morgan fingerprint density at radius 2 is 2.08 bits per heavy atom. The zero-order valence-electron chi connectivity index (χ0n) is 8.41. The summed E-state index contributed by atoms with van der Waals surface area (Å²) in [5.41, 5.74) is 5.54. The molecule has 0 amide bonds. The topological polar surface area (TPSA) is 38.5 Å². The van der Waals surface area contributed by atoms with Gasteiger partial charge in [0.25, 0.3) is 0 Å². The van der Waals surface area contributed by atoms with E-state index in [0.29, 0.717) is 6.10 Å². The van der Waals surface area contributed by atoms with Gasteiger partial charge in [-0.3, -0.25) is 0 Å². The van der Waals surface area contributed by atoms with Gasteiger partial charge in [-0.1, -0.05) is 0 Å². The van der Waals surface area contributed by atoms with E-state index in [0.717, 1.165) is 31.5 Å². The van der Waals surface area contributed by atoms with E-state index in [1.54, 1.807) is 0 Å². The molecule has 3 fully saturated rings. The Kier molecular flexibility index (Phi) is 2.86. The Hall–Kier alpha value is -0.120. The molecule has 76 valence electrons. The van der Waals surface area contributed by atoms with Gasteiger partial charge in [0.2, 0.25) is 0 Å². The first-order valence-electron chi connectivity index (χ1n) is 5.39. The average molecular weight is 184 g/mol. The van der Waals surface area contributed by atoms with Crippen LogP contribution in [0.25, 0.3) is 0 Å². The summed E-state index contributed by atoms with van der Waals surface area (Å²) in [5.74, 6) is 1.59. The number of rotatable bonds is 4. The van der Waals surface area contributed by atoms with Crippen LogP contribution >= 0.6 is 0 Å². The van der Waals surface area contributed by atoms with E-state index < -0.39 is 0 Å². The zero-order valence-corrected chi connectivity index (χ0v) is 8.41. The molecule has 3 aliphatic rings. The first-order chi connectivity index (χ1) is 6.35. The molecule has 0 aromatic carbocycles. The molecule has 2 N–H and O–H groups in total. The molecule has 3 heteroatoms. The standard InChI is InChI=1S/C10H20N2O/c1-2-13-10-8-5-9(10)7-12(6-8)4-3-11/h8-10H,2-7,11H2,1H3/t8-,9-/m0/s1. The fourth-order valence-corrected chi connectivity index (χ4v) is 2.77. The van der Waals surface area contributed by atoms with Crippen LogP contribution in [-0.4, -0.2) is 43.8 Å². The SMILES string of the molecule is CCOC1[C@H]2C[C@H]1CN(CCN)C2. The Bertz CT molecular complexity index is 162. The summed E-state index contributed by atoms with van der Waals surface area (Å²) in [5, 5.41) is 0. The van der Waals surface area contributed by atoms with E-state index in [9.17, 15) is 0 Å². The molecular formula is C10H20N2O. The second-order valence-electron chi connectivity index (χ2n) is 4.22. The van der Waals surface area contributed by atoms with Gasteiger partial charge in [0.05, 0.1) is 6.10 Å². The van der Waals surface area contributed by atoms with E-state index in [-0.39, 0.29) is 0 Å². The second-order valence-corrected chi connectivity index (χ2v) is 4.22. The maximum atomic E-state index is 5.71. The second kappa shape index (κ2) is 3.95. The fraction of sp³-hybridized carbons (Fsp3) is 1.00. The van der Waals surface area contributed by atoms with Crippen molar-refractivity contribution in [2.75, 3.05) is 32.8 Å². The predicted molar refractivity (Wildman–Crippen MR) is 52.5 cm³/mol. The van der Waals surface area contributed by atoms with Crippen molar-refractivity contribution in [3.05, 3.63) is 0 Å². The number of hydrogen-bond acceptors (Lipinski definition) is 3. The maximum absolute atomic E-state index is 5.71. The third kappa shape index (κ3) is 1.73. The maximum Gasteiger partial charge on any atom is 0.0655 e. The van der Waals surface area contributed by atoms with Crippen LogP contribution in [0.3, 0.4) is 0 Å². The van der Waals surface area contributed by atoms with E-state index in [2.05, 4.69) is 11.8 Å². The molecule has 2 saturated heterocycles. The minimum absolute atomic E-state index is 0.569. The average Bonchev–Trinajstić information content (AvgIpc) is 2.15. The Balaban J connectivity index is 1.80. The van der Waals surface area contributed by atoms with Crippen LogP contribution in [0.1, 0.15) is 13.3 Å². The third-order valence-corrected chi connectivity index (χ3v) is 3.32. The number of hydrogen-bond donors (Lipinski definition) is 1. The van der Waals surface area contributed by atoms with Gasteiger partial charge in [-0.25, -0.2) is 0 Å². The van der Waals surface area contributed by atoms with Gasteiger partial charge < -0.3 is 15.4 Å². The van der Waals surface area contributed by atoms with Crippen LogP contribution in [0.15, 0.2) is 0 Å². The molecular weight excluding hydrogens is 164 g/mol. The molecule has 0 spiro atoms. The summed E-state index contributed by atoms with van der Waals surface area (Å²) >= 11 is 0. The summed E-state index contributed by atoms with van der Waals surface area (Å²) in [7, 11) is 0. The lowest BCUT2D eigenvalue weighted by Crippen LogP contribution is -2.59. The molecule has 1 saturated carbocycles. The van der Waals surface area contributed by atoms with Crippen molar-refractivity contribution >= 4 is 0 Å². The molecule has 0 aromatic heterocycles. The highest BCUT2D eigenvalue weighted by atomic mass is 16.5. The minimum Gasteiger partial charge on any atom is -0.378 e. The van der Waals surface area contributed by atoms with Gasteiger partial charge >= 0.3 is 0 Å². The summed E-state index contributed by atoms with van der Waals surface area (Å²) < 4.78 is 5.71. The lowest BCUT2D eigenvalue weighted by molar-refractivity contribution is -0.139. The molecule has 1 aliphatic carbocycles. The molecule has 2 bridgehead atoms. The van der Waals surface area contributed by atoms with Crippen molar-refractivity contribution in [2.24, 2.45) is 17.6 Å². The number of fused-ring (bicyclic) bond motifs is 2. The minimum atomic E-state index is 0.569. The van der Waals surface area contributed by atoms with Crippen LogP contribution < -0.4 is 5.73 Å². The molecule has 2 atom stereocenters. The van der Waals surface area contributed by atoms with E-state index in [4.69, 9.17) is 10.5 Å². The van der Waals surface area contributed by atoms with Crippen molar-refractivity contribution in [2.45, 2.75) is 19.4 Å². The molecule has 3 rings (SSSR count). The Morgan fingerprint density at radius 1 is 1.38 bits per heavy atom. The number of nitrogens with two attached hydrogens (primary N) is 1. The Morgan fingerprint density at radius 3 is 2.62 bits per heavy atom. The zero-order chi connectivity index (χ0) is 9.26. The monoisotopic (exact) mass is 184 g/mol.